The first-order valence-electron chi connectivity index (χ1n) is 0. The largest absolute Gasteiger partial charge is 0 e. The van der Waals surface area contributed by atoms with Crippen LogP contribution in [0.3, 0.4) is 0 Å². The van der Waals surface area contributed by atoms with E-state index in [0.717, 1.165) is 0 Å². The topological polar surface area (TPSA) is 31.5 Å². The molecule has 0 rings (SSSR count). The van der Waals surface area contributed by atoms with Gasteiger partial charge in [0.15, 0.2) is 0 Å². The molecular weight excluding hydrogens is 284 g/mol. The van der Waals surface area contributed by atoms with Crippen LogP contribution < -0.4 is 0 Å². The third-order valence-electron chi connectivity index (χ3n) is 0. The first kappa shape index (κ1) is 25.8. The summed E-state index contributed by atoms with van der Waals surface area (Å²) < 4.78 is 0. The molecule has 2 N–H and O–H groups in total. The van der Waals surface area contributed by atoms with Crippen LogP contribution in [0.4, 0.5) is 0 Å². The molecule has 0 aliphatic carbocycles. The molecule has 0 atom stereocenters. The molecule has 0 bridgehead atoms. The van der Waals surface area contributed by atoms with Crippen molar-refractivity contribution in [3.8, 4) is 0 Å². The number of rotatable bonds is 0. The van der Waals surface area contributed by atoms with Crippen molar-refractivity contribution in [2.24, 2.45) is 0 Å². The molecule has 4 heteroatoms. The van der Waals surface area contributed by atoms with Crippen molar-refractivity contribution in [3.63, 3.8) is 0 Å². The zero-order valence-corrected chi connectivity index (χ0v) is 8.12. The van der Waals surface area contributed by atoms with Crippen LogP contribution in [0.25, 0.3) is 0 Å². The fraction of sp³-hybridized carbons (Fsp3) is 0. The Bertz CT molecular complexity index is 8.00. The molecule has 0 spiro atoms. The van der Waals surface area contributed by atoms with Gasteiger partial charge < -0.3 is 5.48 Å². The molecule has 4 heavy (non-hydrogen) atoms. The van der Waals surface area contributed by atoms with Crippen molar-refractivity contribution in [1.82, 2.24) is 0 Å². The van der Waals surface area contributed by atoms with E-state index in [1.165, 1.54) is 0 Å². The van der Waals surface area contributed by atoms with Gasteiger partial charge in [-0.3, -0.25) is 0 Å². The molecule has 0 heterocycles. The summed E-state index contributed by atoms with van der Waals surface area (Å²) in [5, 5.41) is 0. The van der Waals surface area contributed by atoms with Crippen molar-refractivity contribution in [1.29, 1.82) is 0 Å². The maximum absolute atomic E-state index is 0. The molecule has 0 aliphatic heterocycles. The SMILES string of the molecule is O.[CaH2].[La].[Y]. The van der Waals surface area contributed by atoms with Crippen molar-refractivity contribution < 1.29 is 73.8 Å². The molecule has 0 aromatic carbocycles. The minimum atomic E-state index is 0. The second kappa shape index (κ2) is 16.0. The van der Waals surface area contributed by atoms with Crippen LogP contribution in [0.15, 0.2) is 0 Å². The van der Waals surface area contributed by atoms with E-state index in [1.807, 2.05) is 0 Å². The minimum absolute atomic E-state index is 0. The van der Waals surface area contributed by atoms with Gasteiger partial charge in [0.1, 0.15) is 0 Å². The zero-order chi connectivity index (χ0) is 0. The van der Waals surface area contributed by atoms with Crippen LogP contribution in [0, 0.1) is 35.6 Å². The monoisotopic (exact) mass is 288 g/mol. The van der Waals surface area contributed by atoms with Crippen LogP contribution >= 0.6 is 0 Å². The Morgan fingerprint density at radius 2 is 1.00 bits per heavy atom. The average Bonchev–Trinajstić information content (AvgIpc) is 0. The molecule has 18 valence electrons. The Hall–Kier alpha value is 3.52. The quantitative estimate of drug-likeness (QED) is 0.474. The van der Waals surface area contributed by atoms with E-state index in [-0.39, 0.29) is 112 Å². The Kier molecular flexibility index (Phi) is 103. The Balaban J connectivity index is 0. The van der Waals surface area contributed by atoms with E-state index in [2.05, 4.69) is 0 Å². The van der Waals surface area contributed by atoms with Gasteiger partial charge in [-0.1, -0.05) is 0 Å². The summed E-state index contributed by atoms with van der Waals surface area (Å²) in [4.78, 5) is 0. The van der Waals surface area contributed by atoms with Gasteiger partial charge in [0.2, 0.25) is 0 Å². The van der Waals surface area contributed by atoms with Crippen LogP contribution in [0.1, 0.15) is 0 Å². The third-order valence-corrected chi connectivity index (χ3v) is 0. The van der Waals surface area contributed by atoms with Crippen molar-refractivity contribution >= 4 is 37.7 Å². The van der Waals surface area contributed by atoms with Gasteiger partial charge >= 0.3 is 37.7 Å². The third kappa shape index (κ3) is 9.10. The molecule has 0 fully saturated rings. The van der Waals surface area contributed by atoms with Gasteiger partial charge in [-0.15, -0.1) is 0 Å². The second-order valence-electron chi connectivity index (χ2n) is 0. The maximum atomic E-state index is 0. The molecule has 0 aromatic heterocycles. The Labute approximate surface area is 108 Å². The molecular formula is H4CaLaOY. The van der Waals surface area contributed by atoms with E-state index in [0.29, 0.717) is 0 Å². The number of hydrogen-bond acceptors (Lipinski definition) is 0. The molecule has 0 unspecified atom stereocenters. The van der Waals surface area contributed by atoms with Gasteiger partial charge in [-0.25, -0.2) is 0 Å². The summed E-state index contributed by atoms with van der Waals surface area (Å²) in [7, 11) is 0. The molecule has 0 aliphatic rings. The van der Waals surface area contributed by atoms with Gasteiger partial charge in [-0.2, -0.15) is 0 Å². The maximum Gasteiger partial charge on any atom is 0 e. The fourth-order valence-corrected chi connectivity index (χ4v) is 0. The molecule has 0 saturated heterocycles. The van der Waals surface area contributed by atoms with E-state index in [1.54, 1.807) is 0 Å². The second-order valence-corrected chi connectivity index (χ2v) is 0. The van der Waals surface area contributed by atoms with Crippen molar-refractivity contribution in [3.05, 3.63) is 0 Å². The van der Waals surface area contributed by atoms with E-state index >= 15 is 0 Å². The summed E-state index contributed by atoms with van der Waals surface area (Å²) in [5.74, 6) is 0. The number of hydrogen-bond donors (Lipinski definition) is 0. The first-order chi connectivity index (χ1) is 0. The smallest absolute Gasteiger partial charge is 0 e. The molecule has 2 radical (unpaired) electrons. The Morgan fingerprint density at radius 1 is 1.00 bits per heavy atom. The van der Waals surface area contributed by atoms with Crippen LogP contribution in [0.2, 0.25) is 0 Å². The summed E-state index contributed by atoms with van der Waals surface area (Å²) in [6, 6.07) is 0. The molecule has 0 saturated carbocycles. The molecule has 0 amide bonds. The van der Waals surface area contributed by atoms with E-state index in [9.17, 15) is 0 Å². The van der Waals surface area contributed by atoms with E-state index in [4.69, 9.17) is 0 Å². The predicted octanol–water partition coefficient (Wildman–Crippen LogP) is -1.74. The van der Waals surface area contributed by atoms with Crippen LogP contribution in [0.5, 0.6) is 0 Å². The van der Waals surface area contributed by atoms with E-state index < -0.39 is 0 Å². The Morgan fingerprint density at radius 3 is 1.00 bits per heavy atom. The standard InChI is InChI=1S/Ca.La.H2O.Y.2H/h;;1H2;;;. The molecule has 1 nitrogen and oxygen atoms in total. The van der Waals surface area contributed by atoms with Gasteiger partial charge in [-0.05, 0) is 0 Å². The first-order valence-corrected chi connectivity index (χ1v) is 0. The zero-order valence-electron chi connectivity index (χ0n) is 1.65. The van der Waals surface area contributed by atoms with Crippen LogP contribution in [-0.4, -0.2) is 43.2 Å². The van der Waals surface area contributed by atoms with Gasteiger partial charge in [0, 0.05) is 68.3 Å². The summed E-state index contributed by atoms with van der Waals surface area (Å²) in [5.41, 5.74) is 0. The summed E-state index contributed by atoms with van der Waals surface area (Å²) >= 11 is 0. The molecule has 0 aromatic rings. The fourth-order valence-electron chi connectivity index (χ4n) is 0. The van der Waals surface area contributed by atoms with Crippen molar-refractivity contribution in [2.75, 3.05) is 0 Å². The summed E-state index contributed by atoms with van der Waals surface area (Å²) in [6.45, 7) is 0. The average molecular weight is 288 g/mol. The van der Waals surface area contributed by atoms with Gasteiger partial charge in [0.05, 0.1) is 0 Å². The van der Waals surface area contributed by atoms with Crippen molar-refractivity contribution in [2.45, 2.75) is 0 Å². The predicted molar refractivity (Wildman–Crippen MR) is 12.2 cm³/mol. The summed E-state index contributed by atoms with van der Waals surface area (Å²) in [6.07, 6.45) is 0. The van der Waals surface area contributed by atoms with Crippen LogP contribution in [-0.2, 0) is 32.7 Å². The normalized spacial score (nSPS) is 0. The van der Waals surface area contributed by atoms with Gasteiger partial charge in [0.25, 0.3) is 0 Å². The minimum Gasteiger partial charge on any atom is 0 e.